The highest BCUT2D eigenvalue weighted by atomic mass is 127. The number of ether oxygens (including phenoxy) is 2. The van der Waals surface area contributed by atoms with Crippen molar-refractivity contribution in [3.05, 3.63) is 18.2 Å². The van der Waals surface area contributed by atoms with Crippen molar-refractivity contribution in [1.29, 1.82) is 0 Å². The lowest BCUT2D eigenvalue weighted by Crippen LogP contribution is -2.31. The van der Waals surface area contributed by atoms with E-state index in [0.717, 1.165) is 36.6 Å². The van der Waals surface area contributed by atoms with Crippen LogP contribution >= 0.6 is 24.0 Å². The molecule has 24 heavy (non-hydrogen) atoms. The van der Waals surface area contributed by atoms with Crippen LogP contribution in [0.4, 0.5) is 5.69 Å². The molecule has 0 bridgehead atoms. The molecule has 1 aromatic rings. The van der Waals surface area contributed by atoms with Gasteiger partial charge < -0.3 is 25.4 Å². The Morgan fingerprint density at radius 2 is 2.04 bits per heavy atom. The van der Waals surface area contributed by atoms with Crippen molar-refractivity contribution in [1.82, 2.24) is 4.90 Å². The van der Waals surface area contributed by atoms with Gasteiger partial charge in [0.1, 0.15) is 0 Å². The van der Waals surface area contributed by atoms with E-state index in [1.54, 1.807) is 0 Å². The van der Waals surface area contributed by atoms with Gasteiger partial charge in [0.15, 0.2) is 17.5 Å². The second-order valence-corrected chi connectivity index (χ2v) is 5.84. The number of nitrogens with one attached hydrogen (secondary N) is 1. The van der Waals surface area contributed by atoms with Crippen LogP contribution in [-0.2, 0) is 0 Å². The van der Waals surface area contributed by atoms with Gasteiger partial charge in [-0.15, -0.1) is 24.0 Å². The molecule has 0 saturated carbocycles. The summed E-state index contributed by atoms with van der Waals surface area (Å²) in [4.78, 5) is 6.66. The van der Waals surface area contributed by atoms with Gasteiger partial charge in [-0.1, -0.05) is 6.92 Å². The maximum Gasteiger partial charge on any atom is 0.193 e. The lowest BCUT2D eigenvalue weighted by atomic mass is 10.2. The van der Waals surface area contributed by atoms with Gasteiger partial charge in [-0.05, 0) is 32.5 Å². The van der Waals surface area contributed by atoms with Gasteiger partial charge in [0.2, 0.25) is 0 Å². The van der Waals surface area contributed by atoms with Crippen molar-refractivity contribution in [3.8, 4) is 11.5 Å². The number of fused-ring (bicyclic) bond motifs is 1. The van der Waals surface area contributed by atoms with Gasteiger partial charge in [0.05, 0.1) is 19.8 Å². The van der Waals surface area contributed by atoms with Crippen LogP contribution in [0.3, 0.4) is 0 Å². The molecule has 1 atom stereocenters. The largest absolute Gasteiger partial charge is 0.490 e. The SMILES string of the molecule is CCC(C)N(C)CCN=C(N)Nc1ccc2c(c1)OCCCO2.I. The Bertz CT molecular complexity index is 539. The molecule has 0 aromatic heterocycles. The molecule has 1 heterocycles. The number of hydrogen-bond donors (Lipinski definition) is 2. The first-order valence-corrected chi connectivity index (χ1v) is 8.27. The van der Waals surface area contributed by atoms with Gasteiger partial charge in [-0.3, -0.25) is 4.99 Å². The maximum atomic E-state index is 5.96. The van der Waals surface area contributed by atoms with Crippen LogP contribution in [-0.4, -0.2) is 50.3 Å². The Balaban J connectivity index is 0.00000288. The smallest absolute Gasteiger partial charge is 0.193 e. The van der Waals surface area contributed by atoms with Crippen LogP contribution in [0.5, 0.6) is 11.5 Å². The highest BCUT2D eigenvalue weighted by molar-refractivity contribution is 14.0. The number of aliphatic imine (C=N–C) groups is 1. The van der Waals surface area contributed by atoms with E-state index in [4.69, 9.17) is 15.2 Å². The molecule has 2 rings (SSSR count). The Kier molecular flexibility index (Phi) is 9.20. The zero-order chi connectivity index (χ0) is 16.7. The predicted octanol–water partition coefficient (Wildman–Crippen LogP) is 2.92. The van der Waals surface area contributed by atoms with Crippen LogP contribution in [0.2, 0.25) is 0 Å². The van der Waals surface area contributed by atoms with Gasteiger partial charge in [-0.2, -0.15) is 0 Å². The highest BCUT2D eigenvalue weighted by Crippen LogP contribution is 2.32. The standard InChI is InChI=1S/C17H28N4O2.HI/c1-4-13(2)21(3)9-8-19-17(18)20-14-6-7-15-16(12-14)23-11-5-10-22-15;/h6-7,12-13H,4-5,8-11H2,1-3H3,(H3,18,19,20);1H. The van der Waals surface area contributed by atoms with E-state index in [2.05, 4.69) is 36.1 Å². The summed E-state index contributed by atoms with van der Waals surface area (Å²) in [5, 5.41) is 3.10. The van der Waals surface area contributed by atoms with Crippen molar-refractivity contribution in [3.63, 3.8) is 0 Å². The minimum atomic E-state index is 0. The third kappa shape index (κ3) is 6.35. The molecule has 1 aromatic carbocycles. The molecule has 1 aliphatic heterocycles. The summed E-state index contributed by atoms with van der Waals surface area (Å²) >= 11 is 0. The van der Waals surface area contributed by atoms with E-state index in [1.165, 1.54) is 0 Å². The van der Waals surface area contributed by atoms with E-state index >= 15 is 0 Å². The average Bonchev–Trinajstić information content (AvgIpc) is 2.78. The van der Waals surface area contributed by atoms with Crippen LogP contribution in [0.25, 0.3) is 0 Å². The second kappa shape index (κ2) is 10.6. The molecule has 0 amide bonds. The van der Waals surface area contributed by atoms with Crippen molar-refractivity contribution in [2.75, 3.05) is 38.7 Å². The summed E-state index contributed by atoms with van der Waals surface area (Å²) < 4.78 is 11.3. The first kappa shape index (κ1) is 20.8. The summed E-state index contributed by atoms with van der Waals surface area (Å²) in [6.45, 7) is 7.31. The average molecular weight is 448 g/mol. The minimum absolute atomic E-state index is 0. The molecule has 1 aliphatic rings. The van der Waals surface area contributed by atoms with Gasteiger partial charge >= 0.3 is 0 Å². The zero-order valence-electron chi connectivity index (χ0n) is 14.7. The van der Waals surface area contributed by atoms with E-state index in [-0.39, 0.29) is 24.0 Å². The topological polar surface area (TPSA) is 72.1 Å². The zero-order valence-corrected chi connectivity index (χ0v) is 17.1. The molecule has 0 saturated heterocycles. The minimum Gasteiger partial charge on any atom is -0.490 e. The molecule has 136 valence electrons. The van der Waals surface area contributed by atoms with Crippen molar-refractivity contribution < 1.29 is 9.47 Å². The lowest BCUT2D eigenvalue weighted by Gasteiger charge is -2.22. The molecular weight excluding hydrogens is 419 g/mol. The summed E-state index contributed by atoms with van der Waals surface area (Å²) in [5.41, 5.74) is 6.81. The number of hydrogen-bond acceptors (Lipinski definition) is 4. The Labute approximate surface area is 161 Å². The number of anilines is 1. The molecule has 6 nitrogen and oxygen atoms in total. The van der Waals surface area contributed by atoms with Gasteiger partial charge in [0, 0.05) is 30.8 Å². The first-order chi connectivity index (χ1) is 11.1. The fourth-order valence-electron chi connectivity index (χ4n) is 2.29. The highest BCUT2D eigenvalue weighted by Gasteiger charge is 2.11. The molecule has 0 fully saturated rings. The molecule has 7 heteroatoms. The fourth-order valence-corrected chi connectivity index (χ4v) is 2.29. The van der Waals surface area contributed by atoms with Crippen molar-refractivity contribution >= 4 is 35.6 Å². The van der Waals surface area contributed by atoms with E-state index in [9.17, 15) is 0 Å². The van der Waals surface area contributed by atoms with Crippen LogP contribution in [0.15, 0.2) is 23.2 Å². The Morgan fingerprint density at radius 1 is 1.33 bits per heavy atom. The monoisotopic (exact) mass is 448 g/mol. The number of halogens is 1. The van der Waals surface area contributed by atoms with Crippen molar-refractivity contribution in [2.24, 2.45) is 10.7 Å². The Hall–Kier alpha value is -1.22. The molecular formula is C17H29IN4O2. The third-order valence-corrected chi connectivity index (χ3v) is 4.10. The van der Waals surface area contributed by atoms with Crippen LogP contribution < -0.4 is 20.5 Å². The van der Waals surface area contributed by atoms with Crippen LogP contribution in [0.1, 0.15) is 26.7 Å². The molecule has 1 unspecified atom stereocenters. The molecule has 0 spiro atoms. The lowest BCUT2D eigenvalue weighted by molar-refractivity contribution is 0.259. The van der Waals surface area contributed by atoms with Crippen molar-refractivity contribution in [2.45, 2.75) is 32.7 Å². The number of nitrogens with zero attached hydrogens (tertiary/aromatic N) is 2. The number of likely N-dealkylation sites (N-methyl/N-ethyl adjacent to an activating group) is 1. The molecule has 3 N–H and O–H groups in total. The predicted molar refractivity (Wildman–Crippen MR) is 110 cm³/mol. The summed E-state index contributed by atoms with van der Waals surface area (Å²) in [6.07, 6.45) is 2.02. The number of guanidine groups is 1. The fraction of sp³-hybridized carbons (Fsp3) is 0.588. The molecule has 0 radical (unpaired) electrons. The third-order valence-electron chi connectivity index (χ3n) is 4.10. The van der Waals surface area contributed by atoms with Gasteiger partial charge in [0.25, 0.3) is 0 Å². The van der Waals surface area contributed by atoms with E-state index in [1.807, 2.05) is 18.2 Å². The Morgan fingerprint density at radius 3 is 2.75 bits per heavy atom. The number of rotatable bonds is 6. The number of benzene rings is 1. The quantitative estimate of drug-likeness (QED) is 0.398. The summed E-state index contributed by atoms with van der Waals surface area (Å²) in [6, 6.07) is 6.27. The normalized spacial score (nSPS) is 15.4. The summed E-state index contributed by atoms with van der Waals surface area (Å²) in [5.74, 6) is 1.94. The molecule has 0 aliphatic carbocycles. The van der Waals surface area contributed by atoms with Gasteiger partial charge in [-0.25, -0.2) is 0 Å². The maximum absolute atomic E-state index is 5.96. The second-order valence-electron chi connectivity index (χ2n) is 5.84. The van der Waals surface area contributed by atoms with E-state index < -0.39 is 0 Å². The first-order valence-electron chi connectivity index (χ1n) is 8.27. The number of nitrogens with two attached hydrogens (primary N) is 1. The van der Waals surface area contributed by atoms with E-state index in [0.29, 0.717) is 31.8 Å². The van der Waals surface area contributed by atoms with Crippen LogP contribution in [0, 0.1) is 0 Å². The summed E-state index contributed by atoms with van der Waals surface area (Å²) in [7, 11) is 2.11.